The van der Waals surface area contributed by atoms with Gasteiger partial charge in [0.05, 0.1) is 13.2 Å². The second-order valence-corrected chi connectivity index (χ2v) is 5.38. The molecule has 1 amide bonds. The summed E-state index contributed by atoms with van der Waals surface area (Å²) in [5, 5.41) is 5.94. The van der Waals surface area contributed by atoms with Gasteiger partial charge in [-0.05, 0) is 31.9 Å². The van der Waals surface area contributed by atoms with Crippen molar-refractivity contribution in [1.82, 2.24) is 10.3 Å². The van der Waals surface area contributed by atoms with E-state index in [9.17, 15) is 9.59 Å². The number of hydrogen-bond acceptors (Lipinski definition) is 5. The lowest BCUT2D eigenvalue weighted by molar-refractivity contribution is -0.120. The average molecular weight is 305 g/mol. The van der Waals surface area contributed by atoms with Crippen molar-refractivity contribution in [2.75, 3.05) is 18.5 Å². The molecule has 0 spiro atoms. The van der Waals surface area contributed by atoms with E-state index < -0.39 is 5.97 Å². The van der Waals surface area contributed by atoms with Crippen molar-refractivity contribution >= 4 is 17.7 Å². The largest absolute Gasteiger partial charge is 0.462 e. The number of amides is 1. The maximum absolute atomic E-state index is 12.0. The highest BCUT2D eigenvalue weighted by molar-refractivity contribution is 5.95. The minimum absolute atomic E-state index is 0.0765. The van der Waals surface area contributed by atoms with Crippen LogP contribution < -0.4 is 10.6 Å². The summed E-state index contributed by atoms with van der Waals surface area (Å²) in [6.07, 6.45) is 7.26. The third-order valence-electron chi connectivity index (χ3n) is 3.69. The summed E-state index contributed by atoms with van der Waals surface area (Å²) < 4.78 is 4.98. The highest BCUT2D eigenvalue weighted by Crippen LogP contribution is 2.17. The number of rotatable bonds is 6. The molecule has 2 N–H and O–H groups in total. The summed E-state index contributed by atoms with van der Waals surface area (Å²) >= 11 is 0. The van der Waals surface area contributed by atoms with Gasteiger partial charge < -0.3 is 15.4 Å². The fourth-order valence-corrected chi connectivity index (χ4v) is 2.61. The van der Waals surface area contributed by atoms with Gasteiger partial charge >= 0.3 is 5.97 Å². The zero-order chi connectivity index (χ0) is 15.8. The fraction of sp³-hybridized carbons (Fsp3) is 0.562. The van der Waals surface area contributed by atoms with Crippen LogP contribution in [0.1, 0.15) is 49.4 Å². The molecule has 1 aliphatic carbocycles. The number of hydrogen-bond donors (Lipinski definition) is 2. The van der Waals surface area contributed by atoms with Crippen LogP contribution in [0.5, 0.6) is 0 Å². The Bertz CT molecular complexity index is 513. The molecule has 0 aliphatic heterocycles. The van der Waals surface area contributed by atoms with Crippen LogP contribution in [0.15, 0.2) is 18.3 Å². The molecule has 6 heteroatoms. The Morgan fingerprint density at radius 3 is 2.82 bits per heavy atom. The van der Waals surface area contributed by atoms with E-state index in [1.54, 1.807) is 25.3 Å². The second kappa shape index (κ2) is 8.36. The van der Waals surface area contributed by atoms with Gasteiger partial charge in [0.1, 0.15) is 11.4 Å². The number of carbonyl (C=O) groups is 2. The highest BCUT2D eigenvalue weighted by atomic mass is 16.5. The molecule has 0 unspecified atom stereocenters. The summed E-state index contributed by atoms with van der Waals surface area (Å²) in [4.78, 5) is 27.9. The molecule has 6 nitrogen and oxygen atoms in total. The van der Waals surface area contributed by atoms with E-state index in [4.69, 9.17) is 4.74 Å². The number of ether oxygens (including phenoxy) is 1. The molecule has 0 atom stereocenters. The van der Waals surface area contributed by atoms with E-state index in [0.29, 0.717) is 18.0 Å². The van der Waals surface area contributed by atoms with Crippen molar-refractivity contribution in [2.45, 2.75) is 45.1 Å². The van der Waals surface area contributed by atoms with Crippen molar-refractivity contribution in [3.05, 3.63) is 23.9 Å². The average Bonchev–Trinajstić information content (AvgIpc) is 2.54. The van der Waals surface area contributed by atoms with Gasteiger partial charge in [-0.15, -0.1) is 0 Å². The van der Waals surface area contributed by atoms with Gasteiger partial charge in [0, 0.05) is 12.2 Å². The van der Waals surface area contributed by atoms with E-state index in [1.807, 2.05) is 0 Å². The SMILES string of the molecule is CCOC(=O)c1cccnc1NCC(=O)NC1CCCCC1. The van der Waals surface area contributed by atoms with Gasteiger partial charge in [-0.25, -0.2) is 9.78 Å². The van der Waals surface area contributed by atoms with Gasteiger partial charge in [0.25, 0.3) is 0 Å². The maximum Gasteiger partial charge on any atom is 0.341 e. The first-order valence-electron chi connectivity index (χ1n) is 7.86. The Hall–Kier alpha value is -2.11. The normalized spacial score (nSPS) is 15.1. The quantitative estimate of drug-likeness (QED) is 0.787. The Labute approximate surface area is 130 Å². The number of carbonyl (C=O) groups excluding carboxylic acids is 2. The lowest BCUT2D eigenvalue weighted by atomic mass is 9.95. The van der Waals surface area contributed by atoms with Gasteiger partial charge in [-0.1, -0.05) is 19.3 Å². The number of aromatic nitrogens is 1. The van der Waals surface area contributed by atoms with Crippen LogP contribution in [0.2, 0.25) is 0 Å². The molecule has 1 saturated carbocycles. The van der Waals surface area contributed by atoms with Crippen molar-refractivity contribution < 1.29 is 14.3 Å². The van der Waals surface area contributed by atoms with Crippen LogP contribution >= 0.6 is 0 Å². The number of esters is 1. The summed E-state index contributed by atoms with van der Waals surface area (Å²) in [6.45, 7) is 2.15. The summed E-state index contributed by atoms with van der Waals surface area (Å²) in [7, 11) is 0. The van der Waals surface area contributed by atoms with Gasteiger partial charge in [-0.3, -0.25) is 4.79 Å². The molecule has 22 heavy (non-hydrogen) atoms. The van der Waals surface area contributed by atoms with E-state index in [0.717, 1.165) is 12.8 Å². The molecule has 1 aromatic heterocycles. The molecule has 0 saturated heterocycles. The smallest absolute Gasteiger partial charge is 0.341 e. The molecule has 0 bridgehead atoms. The molecular formula is C16H23N3O3. The van der Waals surface area contributed by atoms with Crippen molar-refractivity contribution in [3.63, 3.8) is 0 Å². The van der Waals surface area contributed by atoms with Crippen LogP contribution in [0.4, 0.5) is 5.82 Å². The maximum atomic E-state index is 12.0. The molecular weight excluding hydrogens is 282 g/mol. The number of nitrogens with zero attached hydrogens (tertiary/aromatic N) is 1. The van der Waals surface area contributed by atoms with Gasteiger partial charge in [-0.2, -0.15) is 0 Å². The van der Waals surface area contributed by atoms with Crippen molar-refractivity contribution in [2.24, 2.45) is 0 Å². The van der Waals surface area contributed by atoms with Crippen LogP contribution in [-0.2, 0) is 9.53 Å². The Morgan fingerprint density at radius 1 is 1.32 bits per heavy atom. The first-order valence-corrected chi connectivity index (χ1v) is 7.86. The van der Waals surface area contributed by atoms with Gasteiger partial charge in [0.2, 0.25) is 5.91 Å². The zero-order valence-electron chi connectivity index (χ0n) is 12.9. The lowest BCUT2D eigenvalue weighted by Crippen LogP contribution is -2.39. The molecule has 0 radical (unpaired) electrons. The molecule has 2 rings (SSSR count). The topological polar surface area (TPSA) is 80.3 Å². The Balaban J connectivity index is 1.88. The summed E-state index contributed by atoms with van der Waals surface area (Å²) in [6, 6.07) is 3.57. The van der Waals surface area contributed by atoms with E-state index >= 15 is 0 Å². The zero-order valence-corrected chi connectivity index (χ0v) is 12.9. The standard InChI is InChI=1S/C16H23N3O3/c1-2-22-16(21)13-9-6-10-17-15(13)18-11-14(20)19-12-7-4-3-5-8-12/h6,9-10,12H,2-5,7-8,11H2,1H3,(H,17,18)(H,19,20). The predicted octanol–water partition coefficient (Wildman–Crippen LogP) is 2.12. The fourth-order valence-electron chi connectivity index (χ4n) is 2.61. The summed E-state index contributed by atoms with van der Waals surface area (Å²) in [5.41, 5.74) is 0.342. The minimum atomic E-state index is -0.439. The number of nitrogens with one attached hydrogen (secondary N) is 2. The number of pyridine rings is 1. The molecule has 120 valence electrons. The highest BCUT2D eigenvalue weighted by Gasteiger charge is 2.17. The molecule has 1 aliphatic rings. The number of anilines is 1. The molecule has 0 aromatic carbocycles. The Kier molecular flexibility index (Phi) is 6.18. The molecule has 1 aromatic rings. The van der Waals surface area contributed by atoms with Crippen LogP contribution in [0.25, 0.3) is 0 Å². The van der Waals surface area contributed by atoms with Crippen molar-refractivity contribution in [3.8, 4) is 0 Å². The third kappa shape index (κ3) is 4.72. The monoisotopic (exact) mass is 305 g/mol. The van der Waals surface area contributed by atoms with Crippen molar-refractivity contribution in [1.29, 1.82) is 0 Å². The van der Waals surface area contributed by atoms with E-state index in [-0.39, 0.29) is 18.5 Å². The van der Waals surface area contributed by atoms with E-state index in [2.05, 4.69) is 15.6 Å². The van der Waals surface area contributed by atoms with E-state index in [1.165, 1.54) is 19.3 Å². The molecule has 1 fully saturated rings. The lowest BCUT2D eigenvalue weighted by Gasteiger charge is -2.22. The van der Waals surface area contributed by atoms with Gasteiger partial charge in [0.15, 0.2) is 0 Å². The Morgan fingerprint density at radius 2 is 2.09 bits per heavy atom. The third-order valence-corrected chi connectivity index (χ3v) is 3.69. The van der Waals surface area contributed by atoms with Crippen LogP contribution in [0, 0.1) is 0 Å². The first-order chi connectivity index (χ1) is 10.7. The first kappa shape index (κ1) is 16.3. The minimum Gasteiger partial charge on any atom is -0.462 e. The molecule has 1 heterocycles. The van der Waals surface area contributed by atoms with Crippen LogP contribution in [0.3, 0.4) is 0 Å². The second-order valence-electron chi connectivity index (χ2n) is 5.38. The summed E-state index contributed by atoms with van der Waals surface area (Å²) in [5.74, 6) is -0.141. The predicted molar refractivity (Wildman–Crippen MR) is 83.7 cm³/mol. The van der Waals surface area contributed by atoms with Crippen LogP contribution in [-0.4, -0.2) is 36.1 Å².